The Kier molecular flexibility index (Phi) is 5.10. The van der Waals surface area contributed by atoms with Gasteiger partial charge in [-0.05, 0) is 37.1 Å². The van der Waals surface area contributed by atoms with Crippen LogP contribution in [0.2, 0.25) is 0 Å². The maximum Gasteiger partial charge on any atom is 0.356 e. The molecule has 0 spiro atoms. The van der Waals surface area contributed by atoms with Gasteiger partial charge < -0.3 is 10.4 Å². The number of anilines is 1. The van der Waals surface area contributed by atoms with Crippen molar-refractivity contribution in [2.45, 2.75) is 35.8 Å². The molecule has 0 aliphatic heterocycles. The second-order valence-corrected chi connectivity index (χ2v) is 6.97. The average molecular weight is 343 g/mol. The average Bonchev–Trinajstić information content (AvgIpc) is 3.09. The molecule has 1 aromatic heterocycles. The molecule has 1 amide bonds. The summed E-state index contributed by atoms with van der Waals surface area (Å²) < 4.78 is 0. The van der Waals surface area contributed by atoms with E-state index in [0.29, 0.717) is 10.9 Å². The van der Waals surface area contributed by atoms with Crippen LogP contribution in [0.15, 0.2) is 41.6 Å². The van der Waals surface area contributed by atoms with Crippen LogP contribution in [0.25, 0.3) is 0 Å². The molecule has 7 heteroatoms. The molecule has 124 valence electrons. The third-order valence-corrected chi connectivity index (χ3v) is 5.17. The Morgan fingerprint density at radius 1 is 1.04 bits per heavy atom. The van der Waals surface area contributed by atoms with Gasteiger partial charge >= 0.3 is 5.97 Å². The van der Waals surface area contributed by atoms with Gasteiger partial charge in [-0.1, -0.05) is 12.8 Å². The highest BCUT2D eigenvalue weighted by Gasteiger charge is 2.16. The third-order valence-electron chi connectivity index (χ3n) is 3.82. The molecule has 1 aliphatic rings. The minimum Gasteiger partial charge on any atom is -0.476 e. The van der Waals surface area contributed by atoms with Gasteiger partial charge in [0.25, 0.3) is 5.91 Å². The Morgan fingerprint density at radius 2 is 1.67 bits per heavy atom. The zero-order valence-electron chi connectivity index (χ0n) is 12.9. The van der Waals surface area contributed by atoms with E-state index in [1.54, 1.807) is 0 Å². The molecule has 0 atom stereocenters. The molecule has 1 aromatic carbocycles. The van der Waals surface area contributed by atoms with E-state index in [1.165, 1.54) is 30.6 Å². The number of carbonyl (C=O) groups is 2. The lowest BCUT2D eigenvalue weighted by atomic mass is 10.3. The van der Waals surface area contributed by atoms with E-state index in [9.17, 15) is 9.59 Å². The summed E-state index contributed by atoms with van der Waals surface area (Å²) in [5.41, 5.74) is 0.545. The summed E-state index contributed by atoms with van der Waals surface area (Å²) in [4.78, 5) is 31.5. The number of benzene rings is 1. The van der Waals surface area contributed by atoms with E-state index < -0.39 is 11.9 Å². The van der Waals surface area contributed by atoms with Crippen molar-refractivity contribution in [3.05, 3.63) is 48.0 Å². The van der Waals surface area contributed by atoms with Crippen LogP contribution < -0.4 is 5.32 Å². The van der Waals surface area contributed by atoms with Crippen LogP contribution >= 0.6 is 11.8 Å². The molecule has 1 heterocycles. The number of aromatic carboxylic acids is 1. The number of rotatable bonds is 5. The summed E-state index contributed by atoms with van der Waals surface area (Å²) in [6, 6.07) is 7.71. The van der Waals surface area contributed by atoms with Crippen molar-refractivity contribution in [3.8, 4) is 0 Å². The van der Waals surface area contributed by atoms with Crippen molar-refractivity contribution in [2.24, 2.45) is 0 Å². The van der Waals surface area contributed by atoms with E-state index in [0.717, 1.165) is 12.4 Å². The first-order valence-corrected chi connectivity index (χ1v) is 8.63. The lowest BCUT2D eigenvalue weighted by Crippen LogP contribution is -2.15. The largest absolute Gasteiger partial charge is 0.476 e. The first-order chi connectivity index (χ1) is 11.6. The normalized spacial score (nSPS) is 14.5. The van der Waals surface area contributed by atoms with E-state index in [4.69, 9.17) is 5.11 Å². The number of carboxylic acids is 1. The molecule has 1 saturated carbocycles. The van der Waals surface area contributed by atoms with Crippen LogP contribution in [0.5, 0.6) is 0 Å². The van der Waals surface area contributed by atoms with Gasteiger partial charge in [-0.15, -0.1) is 11.8 Å². The maximum absolute atomic E-state index is 12.1. The van der Waals surface area contributed by atoms with Gasteiger partial charge in [-0.3, -0.25) is 4.79 Å². The number of hydrogen-bond acceptors (Lipinski definition) is 5. The highest BCUT2D eigenvalue weighted by Crippen LogP contribution is 2.34. The monoisotopic (exact) mass is 343 g/mol. The summed E-state index contributed by atoms with van der Waals surface area (Å²) in [5.74, 6) is -1.60. The molecule has 0 radical (unpaired) electrons. The lowest BCUT2D eigenvalue weighted by Gasteiger charge is -2.09. The Morgan fingerprint density at radius 3 is 2.25 bits per heavy atom. The molecule has 0 bridgehead atoms. The van der Waals surface area contributed by atoms with Crippen LogP contribution in [-0.4, -0.2) is 32.2 Å². The minimum atomic E-state index is -1.18. The fourth-order valence-electron chi connectivity index (χ4n) is 2.57. The van der Waals surface area contributed by atoms with Crippen molar-refractivity contribution in [2.75, 3.05) is 5.32 Å². The number of amides is 1. The topological polar surface area (TPSA) is 92.2 Å². The van der Waals surface area contributed by atoms with Crippen molar-refractivity contribution in [1.82, 2.24) is 9.97 Å². The second kappa shape index (κ2) is 7.44. The van der Waals surface area contributed by atoms with Crippen molar-refractivity contribution >= 4 is 29.3 Å². The minimum absolute atomic E-state index is 0.0735. The second-order valence-electron chi connectivity index (χ2n) is 5.59. The van der Waals surface area contributed by atoms with Gasteiger partial charge in [-0.2, -0.15) is 0 Å². The molecule has 24 heavy (non-hydrogen) atoms. The van der Waals surface area contributed by atoms with Crippen LogP contribution in [-0.2, 0) is 0 Å². The van der Waals surface area contributed by atoms with E-state index >= 15 is 0 Å². The number of thioether (sulfide) groups is 1. The summed E-state index contributed by atoms with van der Waals surface area (Å²) >= 11 is 1.89. The van der Waals surface area contributed by atoms with E-state index in [1.807, 2.05) is 36.0 Å². The Labute approximate surface area is 143 Å². The Bertz CT molecular complexity index is 726. The fourth-order valence-corrected chi connectivity index (χ4v) is 3.81. The van der Waals surface area contributed by atoms with E-state index in [-0.39, 0.29) is 11.4 Å². The smallest absolute Gasteiger partial charge is 0.356 e. The SMILES string of the molecule is O=C(O)c1cnc(C(=O)Nc2ccc(SC3CCCC3)cc2)cn1. The summed E-state index contributed by atoms with van der Waals surface area (Å²) in [6.07, 6.45) is 7.39. The molecule has 0 unspecified atom stereocenters. The van der Waals surface area contributed by atoms with Crippen molar-refractivity contribution in [1.29, 1.82) is 0 Å². The van der Waals surface area contributed by atoms with Gasteiger partial charge in [0.15, 0.2) is 5.69 Å². The predicted molar refractivity (Wildman–Crippen MR) is 91.5 cm³/mol. The first-order valence-electron chi connectivity index (χ1n) is 7.75. The van der Waals surface area contributed by atoms with Gasteiger partial charge in [0, 0.05) is 15.8 Å². The van der Waals surface area contributed by atoms with Crippen LogP contribution in [0, 0.1) is 0 Å². The van der Waals surface area contributed by atoms with Gasteiger partial charge in [0.2, 0.25) is 0 Å². The van der Waals surface area contributed by atoms with Crippen LogP contribution in [0.3, 0.4) is 0 Å². The Balaban J connectivity index is 1.60. The maximum atomic E-state index is 12.1. The first kappa shape index (κ1) is 16.4. The quantitative estimate of drug-likeness (QED) is 0.864. The molecule has 6 nitrogen and oxygen atoms in total. The summed E-state index contributed by atoms with van der Waals surface area (Å²) in [5, 5.41) is 12.2. The molecular formula is C17H17N3O3S. The van der Waals surface area contributed by atoms with Gasteiger partial charge in [0.1, 0.15) is 5.69 Å². The number of nitrogens with one attached hydrogen (secondary N) is 1. The van der Waals surface area contributed by atoms with Crippen molar-refractivity contribution < 1.29 is 14.7 Å². The lowest BCUT2D eigenvalue weighted by molar-refractivity contribution is 0.0689. The number of carboxylic acid groups (broad SMARTS) is 1. The fraction of sp³-hybridized carbons (Fsp3) is 0.294. The number of aromatic nitrogens is 2. The molecule has 1 aliphatic carbocycles. The molecule has 2 N–H and O–H groups in total. The van der Waals surface area contributed by atoms with Gasteiger partial charge in [-0.25, -0.2) is 14.8 Å². The third kappa shape index (κ3) is 4.11. The van der Waals surface area contributed by atoms with Gasteiger partial charge in [0.05, 0.1) is 12.4 Å². The highest BCUT2D eigenvalue weighted by atomic mass is 32.2. The summed E-state index contributed by atoms with van der Waals surface area (Å²) in [7, 11) is 0. The Hall–Kier alpha value is -2.41. The molecule has 0 saturated heterocycles. The number of carbonyl (C=O) groups excluding carboxylic acids is 1. The molecular weight excluding hydrogens is 326 g/mol. The zero-order chi connectivity index (χ0) is 16.9. The standard InChI is InChI=1S/C17H17N3O3S/c21-16(14-9-19-15(10-18-14)17(22)23)20-11-5-7-13(8-6-11)24-12-3-1-2-4-12/h5-10,12H,1-4H2,(H,20,21)(H,22,23). The van der Waals surface area contributed by atoms with E-state index in [2.05, 4.69) is 15.3 Å². The highest BCUT2D eigenvalue weighted by molar-refractivity contribution is 8.00. The molecule has 1 fully saturated rings. The van der Waals surface area contributed by atoms with Crippen molar-refractivity contribution in [3.63, 3.8) is 0 Å². The van der Waals surface area contributed by atoms with Crippen LogP contribution in [0.4, 0.5) is 5.69 Å². The predicted octanol–water partition coefficient (Wildman–Crippen LogP) is 3.46. The zero-order valence-corrected chi connectivity index (χ0v) is 13.8. The number of hydrogen-bond donors (Lipinski definition) is 2. The molecule has 3 rings (SSSR count). The summed E-state index contributed by atoms with van der Waals surface area (Å²) in [6.45, 7) is 0. The van der Waals surface area contributed by atoms with Crippen LogP contribution in [0.1, 0.15) is 46.7 Å². The molecule has 2 aromatic rings. The number of nitrogens with zero attached hydrogens (tertiary/aromatic N) is 2.